The number of aryl methyl sites for hydroxylation is 1. The van der Waals surface area contributed by atoms with Crippen LogP contribution in [0.15, 0.2) is 6.07 Å². The van der Waals surface area contributed by atoms with Gasteiger partial charge in [-0.15, -0.1) is 0 Å². The van der Waals surface area contributed by atoms with Crippen molar-refractivity contribution in [2.24, 2.45) is 5.90 Å². The quantitative estimate of drug-likeness (QED) is 0.707. The molecule has 1 aromatic carbocycles. The molecule has 72 valence electrons. The highest BCUT2D eigenvalue weighted by Crippen LogP contribution is 2.21. The molecule has 0 saturated heterocycles. The fourth-order valence-corrected chi connectivity index (χ4v) is 1.54. The zero-order chi connectivity index (χ0) is 10.0. The summed E-state index contributed by atoms with van der Waals surface area (Å²) < 4.78 is 0. The Bertz CT molecular complexity index is 318. The van der Waals surface area contributed by atoms with Gasteiger partial charge in [-0.1, -0.05) is 6.07 Å². The van der Waals surface area contributed by atoms with Crippen molar-refractivity contribution in [1.82, 2.24) is 0 Å². The molecule has 2 nitrogen and oxygen atoms in total. The minimum Gasteiger partial charge on any atom is -0.300 e. The van der Waals surface area contributed by atoms with Crippen LogP contribution in [-0.4, -0.2) is 0 Å². The predicted octanol–water partition coefficient (Wildman–Crippen LogP) is 2.31. The molecule has 0 unspecified atom stereocenters. The van der Waals surface area contributed by atoms with Crippen LogP contribution in [0, 0.1) is 27.7 Å². The predicted molar refractivity (Wildman–Crippen MR) is 54.4 cm³/mol. The fourth-order valence-electron chi connectivity index (χ4n) is 1.54. The lowest BCUT2D eigenvalue weighted by molar-refractivity contribution is 0.123. The minimum absolute atomic E-state index is 0.494. The largest absolute Gasteiger partial charge is 0.300 e. The van der Waals surface area contributed by atoms with Gasteiger partial charge in [-0.05, 0) is 55.5 Å². The molecule has 13 heavy (non-hydrogen) atoms. The molecule has 0 aliphatic rings. The van der Waals surface area contributed by atoms with Gasteiger partial charge in [0.2, 0.25) is 0 Å². The average Bonchev–Trinajstić information content (AvgIpc) is 2.11. The summed E-state index contributed by atoms with van der Waals surface area (Å²) in [4.78, 5) is 4.66. The standard InChI is InChI=1S/C11H17NO/c1-7-5-11(6-13-12)10(4)9(3)8(7)2/h5H,6,12H2,1-4H3. The van der Waals surface area contributed by atoms with Gasteiger partial charge in [0.05, 0.1) is 6.61 Å². The summed E-state index contributed by atoms with van der Waals surface area (Å²) in [6.07, 6.45) is 0. The van der Waals surface area contributed by atoms with E-state index in [1.165, 1.54) is 27.8 Å². The molecule has 0 radical (unpaired) electrons. The Morgan fingerprint density at radius 1 is 1.08 bits per heavy atom. The van der Waals surface area contributed by atoms with Crippen LogP contribution < -0.4 is 5.90 Å². The first-order chi connectivity index (χ1) is 6.07. The van der Waals surface area contributed by atoms with Crippen LogP contribution in [0.1, 0.15) is 27.8 Å². The van der Waals surface area contributed by atoms with Crippen molar-refractivity contribution in [2.75, 3.05) is 0 Å². The van der Waals surface area contributed by atoms with E-state index in [0.29, 0.717) is 6.61 Å². The molecule has 1 rings (SSSR count). The van der Waals surface area contributed by atoms with Crippen LogP contribution in [-0.2, 0) is 11.4 Å². The van der Waals surface area contributed by atoms with Crippen molar-refractivity contribution in [1.29, 1.82) is 0 Å². The number of nitrogens with two attached hydrogens (primary N) is 1. The Labute approximate surface area is 79.7 Å². The Morgan fingerprint density at radius 3 is 2.23 bits per heavy atom. The van der Waals surface area contributed by atoms with Crippen molar-refractivity contribution in [3.8, 4) is 0 Å². The van der Waals surface area contributed by atoms with E-state index in [1.807, 2.05) is 0 Å². The van der Waals surface area contributed by atoms with E-state index in [9.17, 15) is 0 Å². The molecule has 0 atom stereocenters. The smallest absolute Gasteiger partial charge is 0.0932 e. The number of benzene rings is 1. The molecule has 0 heterocycles. The highest BCUT2D eigenvalue weighted by molar-refractivity contribution is 5.43. The molecule has 2 N–H and O–H groups in total. The van der Waals surface area contributed by atoms with Crippen molar-refractivity contribution in [3.05, 3.63) is 33.9 Å². The first-order valence-corrected chi connectivity index (χ1v) is 4.46. The molecule has 0 amide bonds. The van der Waals surface area contributed by atoms with Crippen LogP contribution in [0.5, 0.6) is 0 Å². The lowest BCUT2D eigenvalue weighted by atomic mass is 9.95. The second kappa shape index (κ2) is 3.90. The van der Waals surface area contributed by atoms with Gasteiger partial charge in [-0.3, -0.25) is 4.84 Å². The number of rotatable bonds is 2. The van der Waals surface area contributed by atoms with Gasteiger partial charge in [0.1, 0.15) is 0 Å². The maximum atomic E-state index is 5.07. The average molecular weight is 179 g/mol. The summed E-state index contributed by atoms with van der Waals surface area (Å²) in [5, 5.41) is 0. The van der Waals surface area contributed by atoms with Gasteiger partial charge in [-0.2, -0.15) is 0 Å². The second-order valence-corrected chi connectivity index (χ2v) is 3.54. The minimum atomic E-state index is 0.494. The van der Waals surface area contributed by atoms with Gasteiger partial charge >= 0.3 is 0 Å². The maximum Gasteiger partial charge on any atom is 0.0932 e. The van der Waals surface area contributed by atoms with Gasteiger partial charge in [0, 0.05) is 0 Å². The van der Waals surface area contributed by atoms with E-state index < -0.39 is 0 Å². The SMILES string of the molecule is Cc1cc(CON)c(C)c(C)c1C. The molecule has 0 saturated carbocycles. The third kappa shape index (κ3) is 1.90. The molecule has 0 bridgehead atoms. The highest BCUT2D eigenvalue weighted by atomic mass is 16.6. The van der Waals surface area contributed by atoms with Gasteiger partial charge < -0.3 is 0 Å². The van der Waals surface area contributed by atoms with Crippen molar-refractivity contribution < 1.29 is 4.84 Å². The number of hydrogen-bond donors (Lipinski definition) is 1. The Hall–Kier alpha value is -0.860. The summed E-state index contributed by atoms with van der Waals surface area (Å²) in [6, 6.07) is 2.14. The second-order valence-electron chi connectivity index (χ2n) is 3.54. The van der Waals surface area contributed by atoms with Crippen LogP contribution in [0.3, 0.4) is 0 Å². The van der Waals surface area contributed by atoms with Gasteiger partial charge in [0.15, 0.2) is 0 Å². The first kappa shape index (κ1) is 10.2. The van der Waals surface area contributed by atoms with E-state index in [0.717, 1.165) is 0 Å². The zero-order valence-corrected chi connectivity index (χ0v) is 8.77. The third-order valence-corrected chi connectivity index (χ3v) is 2.83. The van der Waals surface area contributed by atoms with E-state index in [-0.39, 0.29) is 0 Å². The maximum absolute atomic E-state index is 5.07. The third-order valence-electron chi connectivity index (χ3n) is 2.83. The van der Waals surface area contributed by atoms with Crippen LogP contribution in [0.25, 0.3) is 0 Å². The van der Waals surface area contributed by atoms with Crippen LogP contribution >= 0.6 is 0 Å². The molecule has 0 aromatic heterocycles. The van der Waals surface area contributed by atoms with E-state index in [4.69, 9.17) is 5.90 Å². The fraction of sp³-hybridized carbons (Fsp3) is 0.455. The summed E-state index contributed by atoms with van der Waals surface area (Å²) in [7, 11) is 0. The van der Waals surface area contributed by atoms with Crippen molar-refractivity contribution >= 4 is 0 Å². The van der Waals surface area contributed by atoms with Gasteiger partial charge in [0.25, 0.3) is 0 Å². The summed E-state index contributed by atoms with van der Waals surface area (Å²) >= 11 is 0. The molecular formula is C11H17NO. The molecule has 0 aliphatic carbocycles. The lowest BCUT2D eigenvalue weighted by Gasteiger charge is -2.13. The monoisotopic (exact) mass is 179 g/mol. The topological polar surface area (TPSA) is 35.2 Å². The Balaban J connectivity index is 3.24. The summed E-state index contributed by atoms with van der Waals surface area (Å²) in [5.74, 6) is 5.07. The molecule has 0 fully saturated rings. The zero-order valence-electron chi connectivity index (χ0n) is 8.77. The molecule has 1 aromatic rings. The first-order valence-electron chi connectivity index (χ1n) is 4.46. The Morgan fingerprint density at radius 2 is 1.69 bits per heavy atom. The van der Waals surface area contributed by atoms with Crippen LogP contribution in [0.2, 0.25) is 0 Å². The van der Waals surface area contributed by atoms with E-state index in [1.54, 1.807) is 0 Å². The molecule has 0 spiro atoms. The van der Waals surface area contributed by atoms with Crippen LogP contribution in [0.4, 0.5) is 0 Å². The molecule has 0 aliphatic heterocycles. The summed E-state index contributed by atoms with van der Waals surface area (Å²) in [6.45, 7) is 8.99. The lowest BCUT2D eigenvalue weighted by Crippen LogP contribution is -2.03. The van der Waals surface area contributed by atoms with E-state index >= 15 is 0 Å². The summed E-state index contributed by atoms with van der Waals surface area (Å²) in [5.41, 5.74) is 6.47. The van der Waals surface area contributed by atoms with Crippen molar-refractivity contribution in [2.45, 2.75) is 34.3 Å². The molecular weight excluding hydrogens is 162 g/mol. The van der Waals surface area contributed by atoms with Crippen molar-refractivity contribution in [3.63, 3.8) is 0 Å². The van der Waals surface area contributed by atoms with E-state index in [2.05, 4.69) is 38.6 Å². The highest BCUT2D eigenvalue weighted by Gasteiger charge is 2.06. The van der Waals surface area contributed by atoms with Gasteiger partial charge in [-0.25, -0.2) is 5.90 Å². The normalized spacial score (nSPS) is 10.5. The molecule has 2 heteroatoms. The number of hydrogen-bond acceptors (Lipinski definition) is 2. The Kier molecular flexibility index (Phi) is 3.07.